The van der Waals surface area contributed by atoms with Gasteiger partial charge in [-0.2, -0.15) is 5.26 Å². The molecule has 0 radical (unpaired) electrons. The van der Waals surface area contributed by atoms with Crippen molar-refractivity contribution >= 4 is 16.7 Å². The number of nitrogens with one attached hydrogen (secondary N) is 1. The number of hydrogen-bond acceptors (Lipinski definition) is 4. The zero-order chi connectivity index (χ0) is 15.9. The average molecular weight is 291 g/mol. The summed E-state index contributed by atoms with van der Waals surface area (Å²) in [6.45, 7) is 5.84. The summed E-state index contributed by atoms with van der Waals surface area (Å²) in [6, 6.07) is 7.03. The lowest BCUT2D eigenvalue weighted by Crippen LogP contribution is -2.27. The molecule has 0 bridgehead atoms. The van der Waals surface area contributed by atoms with Gasteiger partial charge < -0.3 is 4.57 Å². The summed E-state index contributed by atoms with van der Waals surface area (Å²) in [6.07, 6.45) is 3.26. The molecule has 3 aromatic rings. The van der Waals surface area contributed by atoms with Crippen molar-refractivity contribution in [2.45, 2.75) is 13.5 Å². The Labute approximate surface area is 125 Å². The summed E-state index contributed by atoms with van der Waals surface area (Å²) in [5.41, 5.74) is 1.71. The van der Waals surface area contributed by atoms with Crippen molar-refractivity contribution in [3.8, 4) is 6.07 Å². The molecule has 6 heteroatoms. The van der Waals surface area contributed by atoms with Crippen molar-refractivity contribution in [2.24, 2.45) is 0 Å². The molecule has 0 atom stereocenters. The van der Waals surface area contributed by atoms with Crippen LogP contribution >= 0.6 is 0 Å². The molecule has 0 amide bonds. The second kappa shape index (κ2) is 4.97. The Morgan fingerprint density at radius 1 is 1.50 bits per heavy atom. The van der Waals surface area contributed by atoms with Crippen LogP contribution in [-0.4, -0.2) is 14.0 Å². The third-order valence-corrected chi connectivity index (χ3v) is 3.57. The molecule has 3 rings (SSSR count). The van der Waals surface area contributed by atoms with E-state index in [-0.39, 0.29) is 16.6 Å². The van der Waals surface area contributed by atoms with Crippen LogP contribution in [0.2, 0.25) is 0 Å². The molecule has 22 heavy (non-hydrogen) atoms. The van der Waals surface area contributed by atoms with Gasteiger partial charge >= 0.3 is 0 Å². The van der Waals surface area contributed by atoms with E-state index in [0.717, 1.165) is 5.56 Å². The van der Waals surface area contributed by atoms with Crippen LogP contribution in [0.3, 0.4) is 0 Å². The van der Waals surface area contributed by atoms with Gasteiger partial charge in [-0.25, -0.2) is 4.98 Å². The summed E-state index contributed by atoms with van der Waals surface area (Å²) >= 11 is 0. The summed E-state index contributed by atoms with van der Waals surface area (Å²) in [4.78, 5) is 17.2. The van der Waals surface area contributed by atoms with Crippen LogP contribution in [0, 0.1) is 23.7 Å². The first kappa shape index (κ1) is 13.8. The van der Waals surface area contributed by atoms with Gasteiger partial charge in [-0.15, -0.1) is 6.58 Å². The Morgan fingerprint density at radius 2 is 2.27 bits per heavy atom. The van der Waals surface area contributed by atoms with Crippen LogP contribution in [0.15, 0.2) is 41.8 Å². The van der Waals surface area contributed by atoms with E-state index in [9.17, 15) is 10.1 Å². The van der Waals surface area contributed by atoms with Crippen LogP contribution in [0.5, 0.6) is 0 Å². The first-order valence-corrected chi connectivity index (χ1v) is 6.69. The van der Waals surface area contributed by atoms with Crippen molar-refractivity contribution in [3.63, 3.8) is 0 Å². The first-order valence-electron chi connectivity index (χ1n) is 6.69. The molecule has 3 aromatic heterocycles. The largest absolute Gasteiger partial charge is 0.306 e. The summed E-state index contributed by atoms with van der Waals surface area (Å²) in [5, 5.41) is 17.6. The van der Waals surface area contributed by atoms with E-state index >= 15 is 0 Å². The van der Waals surface area contributed by atoms with Gasteiger partial charge in [0.2, 0.25) is 0 Å². The van der Waals surface area contributed by atoms with Crippen LogP contribution in [0.4, 0.5) is 0 Å². The molecule has 0 aliphatic carbocycles. The molecule has 0 saturated carbocycles. The van der Waals surface area contributed by atoms with Crippen LogP contribution in [0.1, 0.15) is 11.1 Å². The molecule has 108 valence electrons. The quantitative estimate of drug-likeness (QED) is 0.573. The molecule has 0 fully saturated rings. The van der Waals surface area contributed by atoms with Gasteiger partial charge in [-0.1, -0.05) is 12.1 Å². The maximum atomic E-state index is 12.7. The normalized spacial score (nSPS) is 10.7. The topological polar surface area (TPSA) is 86.9 Å². The standard InChI is InChI=1S/C16H13N5O/c1-3-6-20-13(18)11(9-17)8-12-15(20)19-14-10(2)5-4-7-21(14)16(12)22/h3-5,7-8,18H,1,6H2,2H3. The van der Waals surface area contributed by atoms with Crippen molar-refractivity contribution in [2.75, 3.05) is 0 Å². The van der Waals surface area contributed by atoms with Gasteiger partial charge in [-0.05, 0) is 24.6 Å². The monoisotopic (exact) mass is 291 g/mol. The fraction of sp³-hybridized carbons (Fsp3) is 0.125. The Kier molecular flexibility index (Phi) is 3.11. The number of aryl methyl sites for hydroxylation is 1. The van der Waals surface area contributed by atoms with Crippen LogP contribution in [-0.2, 0) is 6.54 Å². The molecule has 0 aliphatic rings. The van der Waals surface area contributed by atoms with Crippen molar-refractivity contribution in [1.29, 1.82) is 10.7 Å². The molecule has 0 saturated heterocycles. The zero-order valence-corrected chi connectivity index (χ0v) is 12.0. The predicted molar refractivity (Wildman–Crippen MR) is 82.5 cm³/mol. The van der Waals surface area contributed by atoms with Crippen molar-refractivity contribution in [1.82, 2.24) is 14.0 Å². The Morgan fingerprint density at radius 3 is 2.95 bits per heavy atom. The number of hydrogen-bond donors (Lipinski definition) is 1. The lowest BCUT2D eigenvalue weighted by molar-refractivity contribution is 0.767. The highest BCUT2D eigenvalue weighted by atomic mass is 16.1. The van der Waals surface area contributed by atoms with Gasteiger partial charge in [0.15, 0.2) is 0 Å². The molecule has 3 heterocycles. The second-order valence-corrected chi connectivity index (χ2v) is 4.96. The third kappa shape index (κ3) is 1.84. The number of aromatic nitrogens is 3. The fourth-order valence-electron chi connectivity index (χ4n) is 2.49. The maximum absolute atomic E-state index is 12.7. The molecule has 1 N–H and O–H groups in total. The summed E-state index contributed by atoms with van der Waals surface area (Å²) in [5.74, 6) is 0. The van der Waals surface area contributed by atoms with E-state index in [4.69, 9.17) is 5.41 Å². The molecule has 0 aromatic carbocycles. The SMILES string of the molecule is C=CCn1c(=N)c(C#N)cc2c(=O)n3cccc(C)c3nc21. The van der Waals surface area contributed by atoms with E-state index in [1.165, 1.54) is 15.0 Å². The van der Waals surface area contributed by atoms with E-state index in [0.29, 0.717) is 23.2 Å². The van der Waals surface area contributed by atoms with Crippen molar-refractivity contribution < 1.29 is 0 Å². The molecular formula is C16H13N5O. The average Bonchev–Trinajstić information content (AvgIpc) is 2.51. The van der Waals surface area contributed by atoms with E-state index in [1.807, 2.05) is 19.1 Å². The Balaban J connectivity index is 2.65. The van der Waals surface area contributed by atoms with E-state index in [1.54, 1.807) is 18.3 Å². The number of rotatable bonds is 2. The van der Waals surface area contributed by atoms with Gasteiger partial charge in [-0.3, -0.25) is 14.6 Å². The lowest BCUT2D eigenvalue weighted by Gasteiger charge is -2.11. The highest BCUT2D eigenvalue weighted by molar-refractivity contribution is 5.78. The lowest BCUT2D eigenvalue weighted by atomic mass is 10.2. The summed E-state index contributed by atoms with van der Waals surface area (Å²) < 4.78 is 2.98. The van der Waals surface area contributed by atoms with Gasteiger partial charge in [0.05, 0.1) is 10.9 Å². The van der Waals surface area contributed by atoms with E-state index in [2.05, 4.69) is 11.6 Å². The molecule has 0 spiro atoms. The van der Waals surface area contributed by atoms with Crippen LogP contribution < -0.4 is 11.0 Å². The fourth-order valence-corrected chi connectivity index (χ4v) is 2.49. The first-order chi connectivity index (χ1) is 10.6. The zero-order valence-electron chi connectivity index (χ0n) is 12.0. The number of nitriles is 1. The Bertz CT molecular complexity index is 1080. The van der Waals surface area contributed by atoms with E-state index < -0.39 is 0 Å². The minimum absolute atomic E-state index is 0.0275. The predicted octanol–water partition coefficient (Wildman–Crippen LogP) is 1.49. The number of nitrogens with zero attached hydrogens (tertiary/aromatic N) is 4. The smallest absolute Gasteiger partial charge is 0.267 e. The van der Waals surface area contributed by atoms with Crippen molar-refractivity contribution in [3.05, 3.63) is 64.0 Å². The van der Waals surface area contributed by atoms with Gasteiger partial charge in [0.25, 0.3) is 5.56 Å². The highest BCUT2D eigenvalue weighted by Gasteiger charge is 2.13. The molecule has 0 aliphatic heterocycles. The number of allylic oxidation sites excluding steroid dienone is 1. The minimum Gasteiger partial charge on any atom is -0.306 e. The second-order valence-electron chi connectivity index (χ2n) is 4.96. The van der Waals surface area contributed by atoms with Gasteiger partial charge in [0.1, 0.15) is 22.9 Å². The minimum atomic E-state index is -0.252. The third-order valence-electron chi connectivity index (χ3n) is 3.57. The highest BCUT2D eigenvalue weighted by Crippen LogP contribution is 2.12. The molecule has 6 nitrogen and oxygen atoms in total. The Hall–Kier alpha value is -3.20. The molecular weight excluding hydrogens is 278 g/mol. The number of pyridine rings is 2. The van der Waals surface area contributed by atoms with Crippen LogP contribution in [0.25, 0.3) is 16.7 Å². The number of fused-ring (bicyclic) bond motifs is 2. The summed E-state index contributed by atoms with van der Waals surface area (Å²) in [7, 11) is 0. The van der Waals surface area contributed by atoms with Gasteiger partial charge in [0, 0.05) is 12.7 Å². The molecule has 0 unspecified atom stereocenters. The maximum Gasteiger partial charge on any atom is 0.267 e.